The smallest absolute Gasteiger partial charge is 0.0983 e. The molecule has 0 aliphatic carbocycles. The third-order valence-electron chi connectivity index (χ3n) is 4.25. The highest BCUT2D eigenvalue weighted by molar-refractivity contribution is 4.75. The Labute approximate surface area is 142 Å². The van der Waals surface area contributed by atoms with Gasteiger partial charge < -0.3 is 14.0 Å². The molecule has 1 heterocycles. The second kappa shape index (κ2) is 14.7. The lowest BCUT2D eigenvalue weighted by molar-refractivity contribution is -0.00100. The Morgan fingerprint density at radius 1 is 0.957 bits per heavy atom. The second-order valence-corrected chi connectivity index (χ2v) is 6.37. The van der Waals surface area contributed by atoms with Crippen molar-refractivity contribution in [2.24, 2.45) is 0 Å². The first-order chi connectivity index (χ1) is 11.4. The normalized spacial score (nSPS) is 12.6. The van der Waals surface area contributed by atoms with Crippen LogP contribution in [0.2, 0.25) is 0 Å². The summed E-state index contributed by atoms with van der Waals surface area (Å²) in [6, 6.07) is 0. The first kappa shape index (κ1) is 20.2. The standard InChI is InChI=1S/C19H36N2O2/c1-3-4-5-6-7-8-9-10-11-12-15-23-17-19(22-2)16-21-14-13-20-18-21/h13-14,18-19H,3-12,15-17H2,1-2H3. The zero-order chi connectivity index (χ0) is 16.6. The van der Waals surface area contributed by atoms with Crippen molar-refractivity contribution in [2.75, 3.05) is 20.3 Å². The third-order valence-corrected chi connectivity index (χ3v) is 4.25. The Bertz CT molecular complexity index is 341. The molecule has 0 saturated heterocycles. The quantitative estimate of drug-likeness (QED) is 0.408. The van der Waals surface area contributed by atoms with Crippen LogP contribution < -0.4 is 0 Å². The summed E-state index contributed by atoms with van der Waals surface area (Å²) in [5.41, 5.74) is 0. The second-order valence-electron chi connectivity index (χ2n) is 6.37. The molecular formula is C19H36N2O2. The fourth-order valence-corrected chi connectivity index (χ4v) is 2.73. The maximum absolute atomic E-state index is 5.75. The van der Waals surface area contributed by atoms with Crippen LogP contribution in [0.1, 0.15) is 71.1 Å². The zero-order valence-corrected chi connectivity index (χ0v) is 15.2. The van der Waals surface area contributed by atoms with Gasteiger partial charge in [0.1, 0.15) is 0 Å². The van der Waals surface area contributed by atoms with E-state index in [0.29, 0.717) is 6.61 Å². The average Bonchev–Trinajstić information content (AvgIpc) is 3.07. The molecule has 1 aromatic rings. The van der Waals surface area contributed by atoms with E-state index in [9.17, 15) is 0 Å². The van der Waals surface area contributed by atoms with Crippen molar-refractivity contribution in [1.29, 1.82) is 0 Å². The highest BCUT2D eigenvalue weighted by Gasteiger charge is 2.08. The van der Waals surface area contributed by atoms with Gasteiger partial charge in [0.15, 0.2) is 0 Å². The van der Waals surface area contributed by atoms with E-state index in [0.717, 1.165) is 19.6 Å². The van der Waals surface area contributed by atoms with Crippen LogP contribution in [0.3, 0.4) is 0 Å². The summed E-state index contributed by atoms with van der Waals surface area (Å²) in [6.07, 6.45) is 19.2. The maximum atomic E-state index is 5.75. The van der Waals surface area contributed by atoms with E-state index in [-0.39, 0.29) is 6.10 Å². The summed E-state index contributed by atoms with van der Waals surface area (Å²) in [4.78, 5) is 4.04. The van der Waals surface area contributed by atoms with Gasteiger partial charge >= 0.3 is 0 Å². The highest BCUT2D eigenvalue weighted by Crippen LogP contribution is 2.10. The summed E-state index contributed by atoms with van der Waals surface area (Å²) >= 11 is 0. The van der Waals surface area contributed by atoms with Crippen LogP contribution in [-0.2, 0) is 16.0 Å². The van der Waals surface area contributed by atoms with Crippen LogP contribution in [0.25, 0.3) is 0 Å². The molecule has 1 rings (SSSR count). The van der Waals surface area contributed by atoms with Gasteiger partial charge in [0.05, 0.1) is 25.6 Å². The Hall–Kier alpha value is -0.870. The number of hydrogen-bond acceptors (Lipinski definition) is 3. The Morgan fingerprint density at radius 3 is 2.17 bits per heavy atom. The van der Waals surface area contributed by atoms with E-state index in [4.69, 9.17) is 9.47 Å². The van der Waals surface area contributed by atoms with Crippen LogP contribution in [0.4, 0.5) is 0 Å². The van der Waals surface area contributed by atoms with Crippen molar-refractivity contribution in [1.82, 2.24) is 9.55 Å². The van der Waals surface area contributed by atoms with Gasteiger partial charge in [-0.25, -0.2) is 4.98 Å². The molecule has 0 spiro atoms. The van der Waals surface area contributed by atoms with E-state index < -0.39 is 0 Å². The van der Waals surface area contributed by atoms with E-state index in [2.05, 4.69) is 11.9 Å². The summed E-state index contributed by atoms with van der Waals surface area (Å²) < 4.78 is 13.2. The summed E-state index contributed by atoms with van der Waals surface area (Å²) in [6.45, 7) is 4.58. The molecule has 0 fully saturated rings. The maximum Gasteiger partial charge on any atom is 0.0983 e. The fourth-order valence-electron chi connectivity index (χ4n) is 2.73. The molecule has 0 amide bonds. The monoisotopic (exact) mass is 324 g/mol. The number of methoxy groups -OCH3 is 1. The number of unbranched alkanes of at least 4 members (excludes halogenated alkanes) is 9. The summed E-state index contributed by atoms with van der Waals surface area (Å²) in [5, 5.41) is 0. The SMILES string of the molecule is CCCCCCCCCCCCOCC(Cn1ccnc1)OC. The lowest BCUT2D eigenvalue weighted by Crippen LogP contribution is -2.24. The highest BCUT2D eigenvalue weighted by atomic mass is 16.5. The van der Waals surface area contributed by atoms with E-state index >= 15 is 0 Å². The molecule has 0 aromatic carbocycles. The number of imidazole rings is 1. The number of rotatable bonds is 16. The predicted molar refractivity (Wildman–Crippen MR) is 95.7 cm³/mol. The number of hydrogen-bond donors (Lipinski definition) is 0. The van der Waals surface area contributed by atoms with E-state index in [1.165, 1.54) is 57.8 Å². The number of ether oxygens (including phenoxy) is 2. The van der Waals surface area contributed by atoms with Gasteiger partial charge in [-0.15, -0.1) is 0 Å². The van der Waals surface area contributed by atoms with Crippen molar-refractivity contribution >= 4 is 0 Å². The van der Waals surface area contributed by atoms with Crippen molar-refractivity contribution in [3.05, 3.63) is 18.7 Å². The molecule has 1 unspecified atom stereocenters. The minimum atomic E-state index is 0.104. The van der Waals surface area contributed by atoms with Gasteiger partial charge in [0.2, 0.25) is 0 Å². The van der Waals surface area contributed by atoms with Gasteiger partial charge in [0.25, 0.3) is 0 Å². The molecule has 0 N–H and O–H groups in total. The molecule has 0 radical (unpaired) electrons. The zero-order valence-electron chi connectivity index (χ0n) is 15.2. The van der Waals surface area contributed by atoms with Crippen LogP contribution in [0.15, 0.2) is 18.7 Å². The van der Waals surface area contributed by atoms with Gasteiger partial charge in [-0.2, -0.15) is 0 Å². The van der Waals surface area contributed by atoms with Gasteiger partial charge in [-0.1, -0.05) is 64.7 Å². The van der Waals surface area contributed by atoms with Gasteiger partial charge in [-0.3, -0.25) is 0 Å². The summed E-state index contributed by atoms with van der Waals surface area (Å²) in [7, 11) is 1.74. The molecule has 0 saturated carbocycles. The van der Waals surface area contributed by atoms with Crippen LogP contribution >= 0.6 is 0 Å². The molecule has 0 aliphatic heterocycles. The summed E-state index contributed by atoms with van der Waals surface area (Å²) in [5.74, 6) is 0. The van der Waals surface area contributed by atoms with Crippen molar-refractivity contribution in [3.8, 4) is 0 Å². The minimum absolute atomic E-state index is 0.104. The Morgan fingerprint density at radius 2 is 1.61 bits per heavy atom. The molecular weight excluding hydrogens is 288 g/mol. The molecule has 4 heteroatoms. The minimum Gasteiger partial charge on any atom is -0.379 e. The first-order valence-corrected chi connectivity index (χ1v) is 9.43. The molecule has 134 valence electrons. The molecule has 1 aromatic heterocycles. The van der Waals surface area contributed by atoms with Crippen molar-refractivity contribution in [3.63, 3.8) is 0 Å². The van der Waals surface area contributed by atoms with Gasteiger partial charge in [-0.05, 0) is 6.42 Å². The van der Waals surface area contributed by atoms with Crippen molar-refractivity contribution < 1.29 is 9.47 Å². The van der Waals surface area contributed by atoms with Crippen molar-refractivity contribution in [2.45, 2.75) is 83.8 Å². The topological polar surface area (TPSA) is 36.3 Å². The lowest BCUT2D eigenvalue weighted by atomic mass is 10.1. The molecule has 4 nitrogen and oxygen atoms in total. The number of nitrogens with zero attached hydrogens (tertiary/aromatic N) is 2. The Balaban J connectivity index is 1.85. The van der Waals surface area contributed by atoms with Gasteiger partial charge in [0, 0.05) is 26.1 Å². The molecule has 0 bridgehead atoms. The average molecular weight is 325 g/mol. The van der Waals surface area contributed by atoms with Crippen LogP contribution in [-0.4, -0.2) is 36.0 Å². The predicted octanol–water partition coefficient (Wildman–Crippen LogP) is 4.84. The molecule has 0 aliphatic rings. The largest absolute Gasteiger partial charge is 0.379 e. The van der Waals surface area contributed by atoms with Crippen LogP contribution in [0, 0.1) is 0 Å². The Kier molecular flexibility index (Phi) is 12.9. The first-order valence-electron chi connectivity index (χ1n) is 9.43. The van der Waals surface area contributed by atoms with E-state index in [1.54, 1.807) is 13.3 Å². The molecule has 23 heavy (non-hydrogen) atoms. The number of aromatic nitrogens is 2. The van der Waals surface area contributed by atoms with Crippen LogP contribution in [0.5, 0.6) is 0 Å². The van der Waals surface area contributed by atoms with E-state index in [1.807, 2.05) is 17.1 Å². The molecule has 1 atom stereocenters. The fraction of sp³-hybridized carbons (Fsp3) is 0.842. The third kappa shape index (κ3) is 11.3. The lowest BCUT2D eigenvalue weighted by Gasteiger charge is -2.16.